The predicted octanol–water partition coefficient (Wildman–Crippen LogP) is 0.930. The van der Waals surface area contributed by atoms with Crippen molar-refractivity contribution in [3.63, 3.8) is 0 Å². The summed E-state index contributed by atoms with van der Waals surface area (Å²) in [5.74, 6) is -0.000839. The average Bonchev–Trinajstić information content (AvgIpc) is 2.43. The van der Waals surface area contributed by atoms with Crippen LogP contribution < -0.4 is 5.32 Å². The second kappa shape index (κ2) is 13.0. The number of carbonyl (C=O) groups excluding carboxylic acids is 2. The molecule has 0 fully saturated rings. The topological polar surface area (TPSA) is 73.9 Å². The highest BCUT2D eigenvalue weighted by Gasteiger charge is 2.05. The van der Waals surface area contributed by atoms with Gasteiger partial charge in [-0.25, -0.2) is 0 Å². The van der Waals surface area contributed by atoms with Crippen molar-refractivity contribution in [1.82, 2.24) is 5.32 Å². The predicted molar refractivity (Wildman–Crippen MR) is 75.7 cm³/mol. The van der Waals surface area contributed by atoms with Crippen molar-refractivity contribution in [2.45, 2.75) is 38.7 Å². The summed E-state index contributed by atoms with van der Waals surface area (Å²) in [4.78, 5) is 22.4. The molecular formula is C14H27NO5. The van der Waals surface area contributed by atoms with Gasteiger partial charge in [0.05, 0.1) is 25.9 Å². The van der Waals surface area contributed by atoms with Gasteiger partial charge in [-0.2, -0.15) is 0 Å². The van der Waals surface area contributed by atoms with E-state index < -0.39 is 0 Å². The van der Waals surface area contributed by atoms with E-state index in [1.165, 1.54) is 0 Å². The van der Waals surface area contributed by atoms with Gasteiger partial charge in [0.15, 0.2) is 0 Å². The van der Waals surface area contributed by atoms with E-state index in [1.54, 1.807) is 14.2 Å². The zero-order valence-electron chi connectivity index (χ0n) is 12.8. The van der Waals surface area contributed by atoms with E-state index >= 15 is 0 Å². The largest absolute Gasteiger partial charge is 0.382 e. The number of rotatable bonds is 13. The zero-order chi connectivity index (χ0) is 15.2. The minimum Gasteiger partial charge on any atom is -0.382 e. The summed E-state index contributed by atoms with van der Waals surface area (Å²) in [6, 6.07) is 0. The van der Waals surface area contributed by atoms with E-state index in [4.69, 9.17) is 14.2 Å². The molecule has 0 aromatic carbocycles. The SMILES string of the molecule is CNC(=O)CCC(=O)CCCOCCOC(C)COC. The highest BCUT2D eigenvalue weighted by Crippen LogP contribution is 1.99. The van der Waals surface area contributed by atoms with Crippen molar-refractivity contribution in [1.29, 1.82) is 0 Å². The van der Waals surface area contributed by atoms with Gasteiger partial charge in [-0.05, 0) is 13.3 Å². The quantitative estimate of drug-likeness (QED) is 0.511. The van der Waals surface area contributed by atoms with E-state index in [0.29, 0.717) is 45.7 Å². The fourth-order valence-electron chi connectivity index (χ4n) is 1.57. The van der Waals surface area contributed by atoms with Crippen LogP contribution in [0.3, 0.4) is 0 Å². The molecule has 0 bridgehead atoms. The van der Waals surface area contributed by atoms with Crippen molar-refractivity contribution in [3.05, 3.63) is 0 Å². The van der Waals surface area contributed by atoms with Gasteiger partial charge in [0.1, 0.15) is 5.78 Å². The van der Waals surface area contributed by atoms with Gasteiger partial charge in [-0.3, -0.25) is 9.59 Å². The third kappa shape index (κ3) is 12.1. The summed E-state index contributed by atoms with van der Waals surface area (Å²) >= 11 is 0. The third-order valence-electron chi connectivity index (χ3n) is 2.69. The second-order valence-corrected chi connectivity index (χ2v) is 4.56. The van der Waals surface area contributed by atoms with Crippen LogP contribution in [0.25, 0.3) is 0 Å². The average molecular weight is 289 g/mol. The van der Waals surface area contributed by atoms with Crippen LogP contribution in [-0.4, -0.2) is 58.4 Å². The number of methoxy groups -OCH3 is 1. The van der Waals surface area contributed by atoms with E-state index in [-0.39, 0.29) is 24.2 Å². The van der Waals surface area contributed by atoms with Gasteiger partial charge in [0.2, 0.25) is 5.91 Å². The smallest absolute Gasteiger partial charge is 0.220 e. The Labute approximate surface area is 121 Å². The maximum Gasteiger partial charge on any atom is 0.220 e. The van der Waals surface area contributed by atoms with Crippen LogP contribution in [0.4, 0.5) is 0 Å². The highest BCUT2D eigenvalue weighted by molar-refractivity contribution is 5.84. The molecule has 0 aliphatic rings. The van der Waals surface area contributed by atoms with Crippen LogP contribution in [-0.2, 0) is 23.8 Å². The Morgan fingerprint density at radius 2 is 1.85 bits per heavy atom. The van der Waals surface area contributed by atoms with Crippen LogP contribution >= 0.6 is 0 Å². The fourth-order valence-corrected chi connectivity index (χ4v) is 1.57. The first-order chi connectivity index (χ1) is 9.60. The van der Waals surface area contributed by atoms with E-state index in [0.717, 1.165) is 0 Å². The molecule has 1 atom stereocenters. The van der Waals surface area contributed by atoms with Gasteiger partial charge >= 0.3 is 0 Å². The second-order valence-electron chi connectivity index (χ2n) is 4.56. The summed E-state index contributed by atoms with van der Waals surface area (Å²) in [6.07, 6.45) is 1.77. The van der Waals surface area contributed by atoms with Crippen molar-refractivity contribution in [2.75, 3.05) is 40.6 Å². The highest BCUT2D eigenvalue weighted by atomic mass is 16.5. The first-order valence-corrected chi connectivity index (χ1v) is 7.00. The molecule has 0 saturated carbocycles. The van der Waals surface area contributed by atoms with E-state index in [1.807, 2.05) is 6.92 Å². The van der Waals surface area contributed by atoms with Crippen molar-refractivity contribution < 1.29 is 23.8 Å². The molecule has 0 aromatic rings. The molecule has 1 unspecified atom stereocenters. The lowest BCUT2D eigenvalue weighted by Crippen LogP contribution is -2.19. The minimum absolute atomic E-state index is 0.0647. The number of nitrogens with one attached hydrogen (secondary N) is 1. The molecule has 0 aliphatic heterocycles. The molecule has 20 heavy (non-hydrogen) atoms. The Morgan fingerprint density at radius 3 is 2.50 bits per heavy atom. The number of ether oxygens (including phenoxy) is 3. The van der Waals surface area contributed by atoms with Gasteiger partial charge in [-0.1, -0.05) is 0 Å². The number of hydrogen-bond donors (Lipinski definition) is 1. The van der Waals surface area contributed by atoms with Crippen LogP contribution in [0.5, 0.6) is 0 Å². The summed E-state index contributed by atoms with van der Waals surface area (Å²) in [5, 5.41) is 2.49. The molecule has 0 saturated heterocycles. The maximum absolute atomic E-state index is 11.4. The summed E-state index contributed by atoms with van der Waals surface area (Å²) in [7, 11) is 3.20. The van der Waals surface area contributed by atoms with Gasteiger partial charge < -0.3 is 19.5 Å². The number of ketones is 1. The Balaban J connectivity index is 3.31. The third-order valence-corrected chi connectivity index (χ3v) is 2.69. The normalized spacial score (nSPS) is 12.2. The van der Waals surface area contributed by atoms with Crippen LogP contribution in [0.15, 0.2) is 0 Å². The molecule has 0 aliphatic carbocycles. The van der Waals surface area contributed by atoms with E-state index in [9.17, 15) is 9.59 Å². The lowest BCUT2D eigenvalue weighted by atomic mass is 10.1. The lowest BCUT2D eigenvalue weighted by Gasteiger charge is -2.11. The number of amides is 1. The van der Waals surface area contributed by atoms with Crippen molar-refractivity contribution in [2.24, 2.45) is 0 Å². The molecule has 1 amide bonds. The fraction of sp³-hybridized carbons (Fsp3) is 0.857. The Bertz CT molecular complexity index is 270. The van der Waals surface area contributed by atoms with Gasteiger partial charge in [0, 0.05) is 40.0 Å². The summed E-state index contributed by atoms with van der Waals surface area (Å²) < 4.78 is 15.7. The Kier molecular flexibility index (Phi) is 12.4. The molecule has 6 nitrogen and oxygen atoms in total. The molecular weight excluding hydrogens is 262 g/mol. The number of carbonyl (C=O) groups is 2. The Hall–Kier alpha value is -0.980. The number of hydrogen-bond acceptors (Lipinski definition) is 5. The molecule has 1 N–H and O–H groups in total. The van der Waals surface area contributed by atoms with Crippen molar-refractivity contribution in [3.8, 4) is 0 Å². The molecule has 0 rings (SSSR count). The molecule has 0 heterocycles. The van der Waals surface area contributed by atoms with Crippen LogP contribution in [0, 0.1) is 0 Å². The number of Topliss-reactive ketones (excluding diaryl/α,β-unsaturated/α-hetero) is 1. The minimum atomic E-state index is -0.100. The zero-order valence-corrected chi connectivity index (χ0v) is 12.8. The van der Waals surface area contributed by atoms with E-state index in [2.05, 4.69) is 5.32 Å². The monoisotopic (exact) mass is 289 g/mol. The first kappa shape index (κ1) is 19.0. The summed E-state index contributed by atoms with van der Waals surface area (Å²) in [6.45, 7) is 4.08. The Morgan fingerprint density at radius 1 is 1.10 bits per heavy atom. The molecule has 118 valence electrons. The molecule has 0 spiro atoms. The van der Waals surface area contributed by atoms with Crippen LogP contribution in [0.1, 0.15) is 32.6 Å². The summed E-state index contributed by atoms with van der Waals surface area (Å²) in [5.41, 5.74) is 0. The molecule has 6 heteroatoms. The lowest BCUT2D eigenvalue weighted by molar-refractivity contribution is -0.125. The maximum atomic E-state index is 11.4. The molecule has 0 radical (unpaired) electrons. The van der Waals surface area contributed by atoms with Crippen molar-refractivity contribution >= 4 is 11.7 Å². The van der Waals surface area contributed by atoms with Crippen LogP contribution in [0.2, 0.25) is 0 Å². The molecule has 0 aromatic heterocycles. The first-order valence-electron chi connectivity index (χ1n) is 7.00. The standard InChI is InChI=1S/C14H27NO5/c1-12(11-18-3)20-10-9-19-8-4-5-13(16)6-7-14(17)15-2/h12H,4-11H2,1-3H3,(H,15,17). The van der Waals surface area contributed by atoms with Gasteiger partial charge in [-0.15, -0.1) is 0 Å². The van der Waals surface area contributed by atoms with Gasteiger partial charge in [0.25, 0.3) is 0 Å².